The molecule has 5 nitrogen and oxygen atoms in total. The predicted molar refractivity (Wildman–Crippen MR) is 81.9 cm³/mol. The minimum atomic E-state index is -3.58. The Labute approximate surface area is 128 Å². The summed E-state index contributed by atoms with van der Waals surface area (Å²) in [5, 5.41) is 2.89. The Bertz CT molecular complexity index is 774. The van der Waals surface area contributed by atoms with E-state index >= 15 is 0 Å². The van der Waals surface area contributed by atoms with Crippen LogP contribution < -0.4 is 5.32 Å². The SMILES string of the molecule is O=S(=O)(c1cccnc1Nc1cccc(F)c1)N1CCCC1. The fraction of sp³-hybridized carbons (Fsp3) is 0.267. The second kappa shape index (κ2) is 6.02. The molecule has 0 aliphatic carbocycles. The number of pyridine rings is 1. The van der Waals surface area contributed by atoms with Crippen molar-refractivity contribution in [2.24, 2.45) is 0 Å². The molecule has 0 radical (unpaired) electrons. The van der Waals surface area contributed by atoms with Crippen molar-refractivity contribution in [3.8, 4) is 0 Å². The van der Waals surface area contributed by atoms with Gasteiger partial charge in [-0.25, -0.2) is 17.8 Å². The van der Waals surface area contributed by atoms with Crippen molar-refractivity contribution in [3.05, 3.63) is 48.4 Å². The van der Waals surface area contributed by atoms with Crippen LogP contribution >= 0.6 is 0 Å². The fourth-order valence-corrected chi connectivity index (χ4v) is 4.08. The summed E-state index contributed by atoms with van der Waals surface area (Å²) in [5.41, 5.74) is 0.455. The summed E-state index contributed by atoms with van der Waals surface area (Å²) in [6, 6.07) is 8.92. The quantitative estimate of drug-likeness (QED) is 0.940. The van der Waals surface area contributed by atoms with Crippen LogP contribution in [0.1, 0.15) is 12.8 Å². The smallest absolute Gasteiger partial charge is 0.246 e. The van der Waals surface area contributed by atoms with Gasteiger partial charge in [-0.3, -0.25) is 0 Å². The van der Waals surface area contributed by atoms with Crippen molar-refractivity contribution in [2.45, 2.75) is 17.7 Å². The Morgan fingerprint density at radius 2 is 1.91 bits per heavy atom. The maximum atomic E-state index is 13.3. The summed E-state index contributed by atoms with van der Waals surface area (Å²) in [4.78, 5) is 4.21. The van der Waals surface area contributed by atoms with E-state index in [0.29, 0.717) is 18.8 Å². The molecule has 0 bridgehead atoms. The first kappa shape index (κ1) is 14.9. The van der Waals surface area contributed by atoms with E-state index < -0.39 is 15.8 Å². The number of anilines is 2. The largest absolute Gasteiger partial charge is 0.339 e. The van der Waals surface area contributed by atoms with Crippen molar-refractivity contribution < 1.29 is 12.8 Å². The van der Waals surface area contributed by atoms with E-state index in [1.807, 2.05) is 0 Å². The third-order valence-corrected chi connectivity index (χ3v) is 5.47. The lowest BCUT2D eigenvalue weighted by atomic mass is 10.3. The third-order valence-electron chi connectivity index (χ3n) is 3.54. The number of benzene rings is 1. The molecule has 1 N–H and O–H groups in total. The van der Waals surface area contributed by atoms with Gasteiger partial charge in [0.05, 0.1) is 0 Å². The Morgan fingerprint density at radius 3 is 2.64 bits per heavy atom. The Balaban J connectivity index is 1.96. The van der Waals surface area contributed by atoms with E-state index in [9.17, 15) is 12.8 Å². The molecule has 2 aromatic rings. The number of hydrogen-bond donors (Lipinski definition) is 1. The molecule has 1 aromatic heterocycles. The lowest BCUT2D eigenvalue weighted by Crippen LogP contribution is -2.28. The molecule has 0 unspecified atom stereocenters. The molecule has 1 aliphatic heterocycles. The van der Waals surface area contributed by atoms with Crippen LogP contribution in [0.3, 0.4) is 0 Å². The lowest BCUT2D eigenvalue weighted by molar-refractivity contribution is 0.477. The van der Waals surface area contributed by atoms with Gasteiger partial charge in [0.25, 0.3) is 0 Å². The molecule has 116 valence electrons. The Morgan fingerprint density at radius 1 is 1.14 bits per heavy atom. The second-order valence-electron chi connectivity index (χ2n) is 5.10. The maximum absolute atomic E-state index is 13.3. The van der Waals surface area contributed by atoms with Crippen LogP contribution in [0.4, 0.5) is 15.9 Å². The summed E-state index contributed by atoms with van der Waals surface area (Å²) in [5.74, 6) is -0.190. The topological polar surface area (TPSA) is 62.3 Å². The number of halogens is 1. The van der Waals surface area contributed by atoms with Gasteiger partial charge in [0, 0.05) is 25.0 Å². The standard InChI is InChI=1S/C15H16FN3O2S/c16-12-5-3-6-13(11-12)18-15-14(7-4-8-17-15)22(20,21)19-9-1-2-10-19/h3-8,11H,1-2,9-10H2,(H,17,18). The minimum absolute atomic E-state index is 0.112. The fourth-order valence-electron chi connectivity index (χ4n) is 2.46. The summed E-state index contributed by atoms with van der Waals surface area (Å²) < 4.78 is 40.1. The highest BCUT2D eigenvalue weighted by Crippen LogP contribution is 2.27. The summed E-state index contributed by atoms with van der Waals surface area (Å²) in [6.45, 7) is 1.05. The molecule has 0 amide bonds. The molecule has 7 heteroatoms. The molecule has 1 aliphatic rings. The van der Waals surface area contributed by atoms with E-state index in [0.717, 1.165) is 12.8 Å². The van der Waals surface area contributed by atoms with E-state index in [1.54, 1.807) is 18.2 Å². The molecular formula is C15H16FN3O2S. The normalized spacial score (nSPS) is 15.9. The second-order valence-corrected chi connectivity index (χ2v) is 7.00. The first-order valence-corrected chi connectivity index (χ1v) is 8.49. The van der Waals surface area contributed by atoms with Crippen molar-refractivity contribution in [1.82, 2.24) is 9.29 Å². The van der Waals surface area contributed by atoms with Gasteiger partial charge >= 0.3 is 0 Å². The van der Waals surface area contributed by atoms with Gasteiger partial charge in [0.15, 0.2) is 5.82 Å². The molecular weight excluding hydrogens is 305 g/mol. The molecule has 2 heterocycles. The first-order valence-electron chi connectivity index (χ1n) is 7.05. The highest BCUT2D eigenvalue weighted by atomic mass is 32.2. The van der Waals surface area contributed by atoms with E-state index in [1.165, 1.54) is 28.7 Å². The third kappa shape index (κ3) is 2.95. The number of nitrogens with one attached hydrogen (secondary N) is 1. The van der Waals surface area contributed by atoms with Crippen LogP contribution in [0.5, 0.6) is 0 Å². The minimum Gasteiger partial charge on any atom is -0.339 e. The van der Waals surface area contributed by atoms with E-state index in [4.69, 9.17) is 0 Å². The number of sulfonamides is 1. The average Bonchev–Trinajstić information content (AvgIpc) is 3.03. The average molecular weight is 321 g/mol. The first-order chi connectivity index (χ1) is 10.6. The van der Waals surface area contributed by atoms with Gasteiger partial charge in [-0.1, -0.05) is 6.07 Å². The van der Waals surface area contributed by atoms with Gasteiger partial charge in [0.1, 0.15) is 10.7 Å². The highest BCUT2D eigenvalue weighted by Gasteiger charge is 2.29. The zero-order valence-corrected chi connectivity index (χ0v) is 12.7. The molecule has 0 atom stereocenters. The number of aromatic nitrogens is 1. The van der Waals surface area contributed by atoms with Crippen LogP contribution in [0, 0.1) is 5.82 Å². The van der Waals surface area contributed by atoms with E-state index in [2.05, 4.69) is 10.3 Å². The maximum Gasteiger partial charge on any atom is 0.246 e. The van der Waals surface area contributed by atoms with E-state index in [-0.39, 0.29) is 10.7 Å². The highest BCUT2D eigenvalue weighted by molar-refractivity contribution is 7.89. The number of nitrogens with zero attached hydrogens (tertiary/aromatic N) is 2. The van der Waals surface area contributed by atoms with Crippen molar-refractivity contribution in [2.75, 3.05) is 18.4 Å². The van der Waals surface area contributed by atoms with Crippen LogP contribution in [0.15, 0.2) is 47.5 Å². The summed E-state index contributed by atoms with van der Waals surface area (Å²) >= 11 is 0. The zero-order valence-electron chi connectivity index (χ0n) is 11.9. The van der Waals surface area contributed by atoms with Crippen LogP contribution in [-0.2, 0) is 10.0 Å². The zero-order chi connectivity index (χ0) is 15.6. The Kier molecular flexibility index (Phi) is 4.08. The van der Waals surface area contributed by atoms with Crippen LogP contribution in [-0.4, -0.2) is 30.8 Å². The monoisotopic (exact) mass is 321 g/mol. The van der Waals surface area contributed by atoms with Gasteiger partial charge in [-0.2, -0.15) is 4.31 Å². The lowest BCUT2D eigenvalue weighted by Gasteiger charge is -2.18. The number of rotatable bonds is 4. The molecule has 3 rings (SSSR count). The molecule has 1 aromatic carbocycles. The van der Waals surface area contributed by atoms with Crippen LogP contribution in [0.2, 0.25) is 0 Å². The summed E-state index contributed by atoms with van der Waals surface area (Å²) in [7, 11) is -3.58. The van der Waals surface area contributed by atoms with Gasteiger partial charge < -0.3 is 5.32 Å². The molecule has 0 spiro atoms. The van der Waals surface area contributed by atoms with Crippen LogP contribution in [0.25, 0.3) is 0 Å². The van der Waals surface area contributed by atoms with Crippen molar-refractivity contribution in [1.29, 1.82) is 0 Å². The molecule has 1 fully saturated rings. The van der Waals surface area contributed by atoms with Crippen molar-refractivity contribution >= 4 is 21.5 Å². The molecule has 22 heavy (non-hydrogen) atoms. The van der Waals surface area contributed by atoms with Gasteiger partial charge in [-0.05, 0) is 43.2 Å². The van der Waals surface area contributed by atoms with Gasteiger partial charge in [0.2, 0.25) is 10.0 Å². The number of hydrogen-bond acceptors (Lipinski definition) is 4. The molecule has 1 saturated heterocycles. The van der Waals surface area contributed by atoms with Gasteiger partial charge in [-0.15, -0.1) is 0 Å². The summed E-state index contributed by atoms with van der Waals surface area (Å²) in [6.07, 6.45) is 3.24. The van der Waals surface area contributed by atoms with Crippen molar-refractivity contribution in [3.63, 3.8) is 0 Å². The Hall–Kier alpha value is -1.99. The molecule has 0 saturated carbocycles. The predicted octanol–water partition coefficient (Wildman–Crippen LogP) is 2.75.